The summed E-state index contributed by atoms with van der Waals surface area (Å²) in [7, 11) is 1.64. The Morgan fingerprint density at radius 2 is 1.58 bits per heavy atom. The van der Waals surface area contributed by atoms with E-state index in [0.29, 0.717) is 22.5 Å². The number of carbonyl (C=O) groups excluding carboxylic acids is 1. The first kappa shape index (κ1) is 24.2. The molecule has 2 heterocycles. The van der Waals surface area contributed by atoms with Gasteiger partial charge in [-0.1, -0.05) is 31.0 Å². The van der Waals surface area contributed by atoms with Crippen molar-refractivity contribution < 1.29 is 14.3 Å². The summed E-state index contributed by atoms with van der Waals surface area (Å²) in [5, 5.41) is 3.01. The lowest BCUT2D eigenvalue weighted by Crippen LogP contribution is -2.41. The molecule has 9 nitrogen and oxygen atoms in total. The lowest BCUT2D eigenvalue weighted by atomic mass is 10.1. The second-order valence-corrected chi connectivity index (χ2v) is 10.0. The normalized spacial score (nSPS) is 16.2. The van der Waals surface area contributed by atoms with Crippen LogP contribution in [0.1, 0.15) is 51.4 Å². The molecule has 1 N–H and O–H groups in total. The van der Waals surface area contributed by atoms with Crippen LogP contribution in [-0.2, 0) is 0 Å². The number of benzene rings is 2. The number of hydrogen-bond acceptors (Lipinski definition) is 6. The first-order valence-electron chi connectivity index (χ1n) is 13.3. The summed E-state index contributed by atoms with van der Waals surface area (Å²) in [4.78, 5) is 35.6. The van der Waals surface area contributed by atoms with Gasteiger partial charge in [0, 0.05) is 24.0 Å². The second kappa shape index (κ2) is 10.3. The van der Waals surface area contributed by atoms with E-state index in [0.717, 1.165) is 49.7 Å². The number of para-hydroxylation sites is 2. The van der Waals surface area contributed by atoms with E-state index >= 15 is 0 Å². The molecule has 196 valence electrons. The Morgan fingerprint density at radius 1 is 0.895 bits per heavy atom. The van der Waals surface area contributed by atoms with Crippen molar-refractivity contribution in [1.29, 1.82) is 0 Å². The fourth-order valence-electron chi connectivity index (χ4n) is 5.57. The van der Waals surface area contributed by atoms with Crippen LogP contribution in [0.4, 0.5) is 4.79 Å². The first-order chi connectivity index (χ1) is 18.6. The second-order valence-electron chi connectivity index (χ2n) is 10.0. The van der Waals surface area contributed by atoms with Crippen LogP contribution in [-0.4, -0.2) is 44.4 Å². The van der Waals surface area contributed by atoms with Gasteiger partial charge < -0.3 is 14.8 Å². The van der Waals surface area contributed by atoms with Gasteiger partial charge in [-0.05, 0) is 68.4 Å². The van der Waals surface area contributed by atoms with Crippen LogP contribution in [0.3, 0.4) is 0 Å². The first-order valence-corrected chi connectivity index (χ1v) is 13.3. The predicted molar refractivity (Wildman–Crippen MR) is 144 cm³/mol. The summed E-state index contributed by atoms with van der Waals surface area (Å²) in [5.74, 6) is 1.60. The Morgan fingerprint density at radius 3 is 2.29 bits per heavy atom. The van der Waals surface area contributed by atoms with E-state index < -0.39 is 11.7 Å². The molecule has 2 aromatic heterocycles. The zero-order valence-corrected chi connectivity index (χ0v) is 21.4. The van der Waals surface area contributed by atoms with Crippen molar-refractivity contribution in [2.75, 3.05) is 7.11 Å². The van der Waals surface area contributed by atoms with Gasteiger partial charge >= 0.3 is 11.7 Å². The monoisotopic (exact) mass is 513 g/mol. The smallest absolute Gasteiger partial charge is 0.344 e. The number of nitrogens with zero attached hydrogens (tertiary/aromatic N) is 4. The van der Waals surface area contributed by atoms with E-state index in [1.165, 1.54) is 22.0 Å². The Hall–Kier alpha value is -4.14. The maximum Gasteiger partial charge on any atom is 0.344 e. The van der Waals surface area contributed by atoms with E-state index in [-0.39, 0.29) is 18.1 Å². The van der Waals surface area contributed by atoms with Gasteiger partial charge in [0.05, 0.1) is 24.2 Å². The van der Waals surface area contributed by atoms with Crippen molar-refractivity contribution in [3.63, 3.8) is 0 Å². The number of rotatable bonds is 6. The number of carbonyl (C=O) groups is 1. The minimum Gasteiger partial charge on any atom is -0.493 e. The molecular weight excluding hydrogens is 482 g/mol. The Bertz CT molecular complexity index is 1510. The molecule has 0 radical (unpaired) electrons. The van der Waals surface area contributed by atoms with Crippen LogP contribution in [0.5, 0.6) is 11.5 Å². The van der Waals surface area contributed by atoms with Gasteiger partial charge in [0.25, 0.3) is 0 Å². The molecule has 0 bridgehead atoms. The van der Waals surface area contributed by atoms with Crippen molar-refractivity contribution in [1.82, 2.24) is 24.4 Å². The molecule has 0 atom stereocenters. The number of ether oxygens (including phenoxy) is 2. The Balaban J connectivity index is 1.33. The molecule has 2 aliphatic rings. The summed E-state index contributed by atoms with van der Waals surface area (Å²) in [6, 6.07) is 12.6. The van der Waals surface area contributed by atoms with Gasteiger partial charge in [0.1, 0.15) is 0 Å². The maximum atomic E-state index is 13.5. The molecule has 2 saturated carbocycles. The minimum absolute atomic E-state index is 0.0964. The number of imidazole rings is 1. The van der Waals surface area contributed by atoms with Crippen LogP contribution in [0.15, 0.2) is 59.7 Å². The van der Waals surface area contributed by atoms with Gasteiger partial charge in [0.15, 0.2) is 11.5 Å². The minimum atomic E-state index is -0.494. The summed E-state index contributed by atoms with van der Waals surface area (Å²) >= 11 is 0. The van der Waals surface area contributed by atoms with E-state index in [1.54, 1.807) is 31.6 Å². The van der Waals surface area contributed by atoms with Crippen molar-refractivity contribution in [2.45, 2.75) is 63.5 Å². The lowest BCUT2D eigenvalue weighted by Gasteiger charge is -2.17. The highest BCUT2D eigenvalue weighted by Gasteiger charge is 2.24. The number of nitrogens with one attached hydrogen (secondary N) is 1. The Labute approximate surface area is 220 Å². The van der Waals surface area contributed by atoms with Gasteiger partial charge in [0.2, 0.25) is 5.95 Å². The zero-order chi connectivity index (χ0) is 26.1. The molecule has 2 aliphatic carbocycles. The summed E-state index contributed by atoms with van der Waals surface area (Å²) in [6.45, 7) is 0. The van der Waals surface area contributed by atoms with Gasteiger partial charge in [-0.25, -0.2) is 28.7 Å². The number of hydrogen-bond donors (Lipinski definition) is 1. The van der Waals surface area contributed by atoms with E-state index in [1.807, 2.05) is 30.3 Å². The number of methoxy groups -OCH3 is 1. The third-order valence-corrected chi connectivity index (χ3v) is 7.56. The maximum absolute atomic E-state index is 13.5. The van der Waals surface area contributed by atoms with E-state index in [2.05, 4.69) is 15.3 Å². The van der Waals surface area contributed by atoms with Crippen molar-refractivity contribution in [3.8, 4) is 28.6 Å². The Kier molecular flexibility index (Phi) is 6.57. The number of amides is 1. The standard InChI is InChI=1S/C29H31N5O4/c1-37-25-15-14-19(16-26(25)38-22-10-4-5-11-22)20-17-30-27(31-18-20)33-23-12-6-7-13-24(23)34(29(33)36)28(35)32-21-8-2-3-9-21/h6-7,12-18,21-22H,2-5,8-11H2,1H3,(H,32,35). The van der Waals surface area contributed by atoms with E-state index in [4.69, 9.17) is 9.47 Å². The fraction of sp³-hybridized carbons (Fsp3) is 0.379. The van der Waals surface area contributed by atoms with Crippen LogP contribution < -0.4 is 20.5 Å². The molecular formula is C29H31N5O4. The predicted octanol–water partition coefficient (Wildman–Crippen LogP) is 5.08. The van der Waals surface area contributed by atoms with Crippen LogP contribution in [0.25, 0.3) is 28.1 Å². The number of fused-ring (bicyclic) bond motifs is 1. The average molecular weight is 514 g/mol. The van der Waals surface area contributed by atoms with Crippen molar-refractivity contribution >= 4 is 17.1 Å². The lowest BCUT2D eigenvalue weighted by molar-refractivity contribution is 0.201. The van der Waals surface area contributed by atoms with Crippen molar-refractivity contribution in [2.24, 2.45) is 0 Å². The largest absolute Gasteiger partial charge is 0.493 e. The third-order valence-electron chi connectivity index (χ3n) is 7.56. The third kappa shape index (κ3) is 4.53. The van der Waals surface area contributed by atoms with Crippen LogP contribution in [0, 0.1) is 0 Å². The van der Waals surface area contributed by atoms with Gasteiger partial charge in [-0.2, -0.15) is 0 Å². The summed E-state index contributed by atoms with van der Waals surface area (Å²) in [5.41, 5.74) is 2.26. The molecule has 0 spiro atoms. The van der Waals surface area contributed by atoms with Gasteiger partial charge in [-0.15, -0.1) is 0 Å². The molecule has 6 rings (SSSR count). The summed E-state index contributed by atoms with van der Waals surface area (Å²) < 4.78 is 14.3. The molecule has 0 saturated heterocycles. The topological polar surface area (TPSA) is 100 Å². The molecule has 0 aliphatic heterocycles. The molecule has 38 heavy (non-hydrogen) atoms. The highest BCUT2D eigenvalue weighted by Crippen LogP contribution is 2.35. The quantitative estimate of drug-likeness (QED) is 0.386. The van der Waals surface area contributed by atoms with Crippen molar-refractivity contribution in [3.05, 3.63) is 65.3 Å². The molecule has 0 unspecified atom stereocenters. The molecule has 9 heteroatoms. The van der Waals surface area contributed by atoms with Gasteiger partial charge in [-0.3, -0.25) is 0 Å². The number of aromatic nitrogens is 4. The van der Waals surface area contributed by atoms with Crippen LogP contribution >= 0.6 is 0 Å². The van der Waals surface area contributed by atoms with Crippen LogP contribution in [0.2, 0.25) is 0 Å². The molecule has 2 aromatic carbocycles. The molecule has 4 aromatic rings. The highest BCUT2D eigenvalue weighted by molar-refractivity contribution is 5.90. The average Bonchev–Trinajstić information content (AvgIpc) is 3.70. The SMILES string of the molecule is COc1ccc(-c2cnc(-n3c(=O)n(C(=O)NC4CCCC4)c4ccccc43)nc2)cc1OC1CCCC1. The zero-order valence-electron chi connectivity index (χ0n) is 21.4. The fourth-order valence-corrected chi connectivity index (χ4v) is 5.57. The molecule has 2 fully saturated rings. The van der Waals surface area contributed by atoms with E-state index in [9.17, 15) is 9.59 Å². The summed E-state index contributed by atoms with van der Waals surface area (Å²) in [6.07, 6.45) is 12.1. The highest BCUT2D eigenvalue weighted by atomic mass is 16.5. The molecule has 1 amide bonds.